The van der Waals surface area contributed by atoms with E-state index in [4.69, 9.17) is 0 Å². The van der Waals surface area contributed by atoms with Gasteiger partial charge in [0.25, 0.3) is 0 Å². The lowest BCUT2D eigenvalue weighted by Crippen LogP contribution is -2.63. The van der Waals surface area contributed by atoms with E-state index in [-0.39, 0.29) is 0 Å². The van der Waals surface area contributed by atoms with Crippen LogP contribution in [0.3, 0.4) is 0 Å². The molecule has 6 atom stereocenters. The minimum atomic E-state index is 0.861. The summed E-state index contributed by atoms with van der Waals surface area (Å²) in [4.78, 5) is 3.22. The summed E-state index contributed by atoms with van der Waals surface area (Å²) in [5, 5.41) is 1.82. The van der Waals surface area contributed by atoms with Crippen molar-refractivity contribution in [2.24, 2.45) is 23.7 Å². The molecule has 1 heterocycles. The van der Waals surface area contributed by atoms with Gasteiger partial charge in [0, 0.05) is 28.6 Å². The Morgan fingerprint density at radius 3 is 2.26 bits per heavy atom. The number of unbranched alkanes of at least 4 members (excludes halogenated alkanes) is 1. The molecule has 0 amide bonds. The second kappa shape index (κ2) is 12.1. The van der Waals surface area contributed by atoms with E-state index < -0.39 is 0 Å². The Morgan fingerprint density at radius 2 is 1.53 bits per heavy atom. The van der Waals surface area contributed by atoms with Crippen molar-refractivity contribution < 1.29 is 0 Å². The zero-order chi connectivity index (χ0) is 23.5. The van der Waals surface area contributed by atoms with Gasteiger partial charge in [0.05, 0.1) is 0 Å². The van der Waals surface area contributed by atoms with E-state index in [9.17, 15) is 0 Å². The van der Waals surface area contributed by atoms with E-state index in [2.05, 4.69) is 43.5 Å². The summed E-state index contributed by atoms with van der Waals surface area (Å²) >= 11 is 2.48. The van der Waals surface area contributed by atoms with Gasteiger partial charge in [0.15, 0.2) is 0 Å². The first kappa shape index (κ1) is 25.7. The number of rotatable bonds is 6. The van der Waals surface area contributed by atoms with Gasteiger partial charge in [-0.05, 0) is 108 Å². The molecular formula is C32H55NS. The monoisotopic (exact) mass is 485 g/mol. The molecule has 0 spiro atoms. The molecule has 5 rings (SSSR count). The average Bonchev–Trinajstić information content (AvgIpc) is 2.87. The van der Waals surface area contributed by atoms with Gasteiger partial charge in [-0.15, -0.1) is 0 Å². The smallest absolute Gasteiger partial charge is 0.0221 e. The highest BCUT2D eigenvalue weighted by Crippen LogP contribution is 2.51. The average molecular weight is 486 g/mol. The molecule has 5 fully saturated rings. The lowest BCUT2D eigenvalue weighted by atomic mass is 9.76. The molecular weight excluding hydrogens is 430 g/mol. The molecule has 1 saturated heterocycles. The quantitative estimate of drug-likeness (QED) is 0.345. The van der Waals surface area contributed by atoms with Crippen LogP contribution in [0.2, 0.25) is 0 Å². The highest BCUT2D eigenvalue weighted by Gasteiger charge is 2.49. The van der Waals surface area contributed by atoms with Crippen LogP contribution in [0.4, 0.5) is 0 Å². The molecule has 34 heavy (non-hydrogen) atoms. The Balaban J connectivity index is 1.26. The van der Waals surface area contributed by atoms with Gasteiger partial charge >= 0.3 is 0 Å². The highest BCUT2D eigenvalue weighted by molar-refractivity contribution is 8.00. The van der Waals surface area contributed by atoms with Crippen LogP contribution in [0.5, 0.6) is 0 Å². The number of nitrogens with zero attached hydrogens (tertiary/aromatic N) is 1. The molecule has 1 aliphatic heterocycles. The topological polar surface area (TPSA) is 3.24 Å². The Labute approximate surface area is 216 Å². The maximum atomic E-state index is 3.22. The van der Waals surface area contributed by atoms with Crippen molar-refractivity contribution in [3.63, 3.8) is 0 Å². The number of hydrogen-bond donors (Lipinski definition) is 0. The van der Waals surface area contributed by atoms with E-state index >= 15 is 0 Å². The van der Waals surface area contributed by atoms with Crippen LogP contribution in [-0.4, -0.2) is 33.5 Å². The summed E-state index contributed by atoms with van der Waals surface area (Å²) in [7, 11) is 0. The van der Waals surface area contributed by atoms with Crippen LogP contribution in [0, 0.1) is 23.7 Å². The summed E-state index contributed by atoms with van der Waals surface area (Å²) in [6, 6.07) is 2.69. The third kappa shape index (κ3) is 5.95. The van der Waals surface area contributed by atoms with Gasteiger partial charge < -0.3 is 0 Å². The molecule has 0 radical (unpaired) electrons. The fourth-order valence-corrected chi connectivity index (χ4v) is 11.0. The van der Waals surface area contributed by atoms with Crippen LogP contribution in [-0.2, 0) is 0 Å². The summed E-state index contributed by atoms with van der Waals surface area (Å²) in [5.74, 6) is 3.76. The lowest BCUT2D eigenvalue weighted by Gasteiger charge is -2.58. The second-order valence-electron chi connectivity index (χ2n) is 13.3. The molecule has 2 heteroatoms. The predicted octanol–water partition coefficient (Wildman–Crippen LogP) is 9.41. The minimum absolute atomic E-state index is 0.861. The van der Waals surface area contributed by atoms with Gasteiger partial charge in [-0.2, -0.15) is 11.8 Å². The number of thioether (sulfide) groups is 1. The third-order valence-electron chi connectivity index (χ3n) is 10.9. The number of fused-ring (bicyclic) bond motifs is 2. The van der Waals surface area contributed by atoms with Crippen molar-refractivity contribution in [3.8, 4) is 0 Å². The summed E-state index contributed by atoms with van der Waals surface area (Å²) in [5.41, 5.74) is 1.76. The third-order valence-corrected chi connectivity index (χ3v) is 12.6. The van der Waals surface area contributed by atoms with Crippen LogP contribution >= 0.6 is 11.8 Å². The Bertz CT molecular complexity index is 658. The molecule has 0 aromatic carbocycles. The maximum absolute atomic E-state index is 3.22. The zero-order valence-corrected chi connectivity index (χ0v) is 23.7. The largest absolute Gasteiger partial charge is 0.292 e. The predicted molar refractivity (Wildman–Crippen MR) is 151 cm³/mol. The summed E-state index contributed by atoms with van der Waals surface area (Å²) in [6.07, 6.45) is 29.4. The van der Waals surface area contributed by atoms with E-state index in [0.717, 1.165) is 52.3 Å². The van der Waals surface area contributed by atoms with Gasteiger partial charge in [-0.25, -0.2) is 0 Å². The van der Waals surface area contributed by atoms with Gasteiger partial charge in [0.2, 0.25) is 0 Å². The SMILES string of the molecule is CCCCC1CCC(N2C3CCC(C)CC3SC3CC(C=C(C)C4CCCCC4)CCC32)CC1. The van der Waals surface area contributed by atoms with Crippen LogP contribution in [0.1, 0.15) is 136 Å². The second-order valence-corrected chi connectivity index (χ2v) is 14.8. The number of allylic oxidation sites excluding steroid dienone is 2. The molecule has 4 aliphatic carbocycles. The molecule has 0 bridgehead atoms. The lowest BCUT2D eigenvalue weighted by molar-refractivity contribution is 0.00409. The van der Waals surface area contributed by atoms with Crippen LogP contribution < -0.4 is 0 Å². The van der Waals surface area contributed by atoms with Crippen molar-refractivity contribution in [1.29, 1.82) is 0 Å². The molecule has 4 saturated carbocycles. The van der Waals surface area contributed by atoms with Crippen molar-refractivity contribution in [1.82, 2.24) is 4.90 Å². The minimum Gasteiger partial charge on any atom is -0.292 e. The van der Waals surface area contributed by atoms with Crippen molar-refractivity contribution in [2.75, 3.05) is 0 Å². The Hall–Kier alpha value is 0.0500. The zero-order valence-electron chi connectivity index (χ0n) is 22.9. The molecule has 0 aromatic heterocycles. The maximum Gasteiger partial charge on any atom is 0.0221 e. The first-order valence-electron chi connectivity index (χ1n) is 15.7. The Morgan fingerprint density at radius 1 is 0.824 bits per heavy atom. The highest BCUT2D eigenvalue weighted by atomic mass is 32.2. The molecule has 0 N–H and O–H groups in total. The molecule has 0 aromatic rings. The standard InChI is InChI=1S/C32H55NS/c1-4-5-9-25-13-16-28(17-14-25)33-29-18-12-23(2)20-31(29)34-32-22-26(15-19-30(32)33)21-24(3)27-10-7-6-8-11-27/h21,23,25-32H,4-20,22H2,1-3H3. The van der Waals surface area contributed by atoms with Gasteiger partial charge in [-0.3, -0.25) is 4.90 Å². The van der Waals surface area contributed by atoms with E-state index in [0.29, 0.717) is 0 Å². The van der Waals surface area contributed by atoms with Crippen molar-refractivity contribution >= 4 is 11.8 Å². The van der Waals surface area contributed by atoms with Crippen molar-refractivity contribution in [3.05, 3.63) is 11.6 Å². The van der Waals surface area contributed by atoms with Gasteiger partial charge in [-0.1, -0.05) is 64.0 Å². The fourth-order valence-electron chi connectivity index (χ4n) is 8.89. The Kier molecular flexibility index (Phi) is 9.11. The van der Waals surface area contributed by atoms with Gasteiger partial charge in [0.1, 0.15) is 0 Å². The number of hydrogen-bond acceptors (Lipinski definition) is 2. The van der Waals surface area contributed by atoms with Crippen molar-refractivity contribution in [2.45, 2.75) is 165 Å². The summed E-state index contributed by atoms with van der Waals surface area (Å²) < 4.78 is 0. The van der Waals surface area contributed by atoms with E-state index in [1.807, 2.05) is 0 Å². The van der Waals surface area contributed by atoms with E-state index in [1.54, 1.807) is 5.57 Å². The molecule has 6 unspecified atom stereocenters. The summed E-state index contributed by atoms with van der Waals surface area (Å²) in [6.45, 7) is 7.38. The van der Waals surface area contributed by atoms with Crippen LogP contribution in [0.25, 0.3) is 0 Å². The first-order chi connectivity index (χ1) is 16.6. The van der Waals surface area contributed by atoms with E-state index in [1.165, 1.54) is 116 Å². The normalized spacial score (nSPS) is 42.7. The molecule has 5 aliphatic rings. The molecule has 1 nitrogen and oxygen atoms in total. The fraction of sp³-hybridized carbons (Fsp3) is 0.938. The van der Waals surface area contributed by atoms with Crippen LogP contribution in [0.15, 0.2) is 11.6 Å². The first-order valence-corrected chi connectivity index (χ1v) is 16.7. The molecule has 194 valence electrons.